The van der Waals surface area contributed by atoms with Crippen molar-refractivity contribution in [1.82, 2.24) is 4.98 Å². The first-order chi connectivity index (χ1) is 9.01. The first-order valence-corrected chi connectivity index (χ1v) is 5.80. The largest absolute Gasteiger partial charge is 0.340 e. The molecule has 0 unspecified atom stereocenters. The minimum absolute atomic E-state index is 0.155. The molecule has 2 aromatic rings. The van der Waals surface area contributed by atoms with Crippen LogP contribution in [0.1, 0.15) is 25.3 Å². The standard InChI is InChI=1S/C14H13F2NO2/c1-8(2)11-4-3-9(5-12(11)19-18)10-6-13(15)17-14(16)7-10/h3-8,18H,1-2H3. The fraction of sp³-hybridized carbons (Fsp3) is 0.214. The van der Waals surface area contributed by atoms with Crippen LogP contribution in [0, 0.1) is 11.9 Å². The van der Waals surface area contributed by atoms with Gasteiger partial charge in [-0.1, -0.05) is 26.0 Å². The van der Waals surface area contributed by atoms with Gasteiger partial charge in [0.25, 0.3) is 0 Å². The maximum absolute atomic E-state index is 13.1. The molecule has 2 rings (SSSR count). The predicted molar refractivity (Wildman–Crippen MR) is 66.9 cm³/mol. The first kappa shape index (κ1) is 13.4. The molecule has 0 spiro atoms. The van der Waals surface area contributed by atoms with E-state index >= 15 is 0 Å². The number of nitrogens with zero attached hydrogens (tertiary/aromatic N) is 1. The summed E-state index contributed by atoms with van der Waals surface area (Å²) >= 11 is 0. The third-order valence-corrected chi connectivity index (χ3v) is 2.83. The van der Waals surface area contributed by atoms with E-state index in [1.807, 2.05) is 13.8 Å². The van der Waals surface area contributed by atoms with Gasteiger partial charge in [-0.05, 0) is 23.1 Å². The molecule has 1 heterocycles. The van der Waals surface area contributed by atoms with Gasteiger partial charge < -0.3 is 4.89 Å². The highest BCUT2D eigenvalue weighted by Gasteiger charge is 2.11. The molecule has 0 aliphatic carbocycles. The van der Waals surface area contributed by atoms with Crippen LogP contribution in [0.4, 0.5) is 8.78 Å². The molecule has 100 valence electrons. The quantitative estimate of drug-likeness (QED) is 0.518. The molecular weight excluding hydrogens is 252 g/mol. The molecule has 5 heteroatoms. The minimum Gasteiger partial charge on any atom is -0.340 e. The molecule has 0 fully saturated rings. The van der Waals surface area contributed by atoms with Crippen LogP contribution in [0.3, 0.4) is 0 Å². The molecule has 0 saturated heterocycles. The second-order valence-electron chi connectivity index (χ2n) is 4.50. The van der Waals surface area contributed by atoms with Crippen molar-refractivity contribution in [3.63, 3.8) is 0 Å². The third-order valence-electron chi connectivity index (χ3n) is 2.83. The van der Waals surface area contributed by atoms with Crippen molar-refractivity contribution in [2.24, 2.45) is 0 Å². The molecule has 0 aliphatic heterocycles. The fourth-order valence-corrected chi connectivity index (χ4v) is 1.90. The van der Waals surface area contributed by atoms with Gasteiger partial charge in [0, 0.05) is 17.7 Å². The molecule has 1 N–H and O–H groups in total. The molecule has 0 aliphatic rings. The highest BCUT2D eigenvalue weighted by atomic mass is 19.1. The number of hydrogen-bond donors (Lipinski definition) is 1. The van der Waals surface area contributed by atoms with Gasteiger partial charge in [-0.2, -0.15) is 13.8 Å². The van der Waals surface area contributed by atoms with Crippen LogP contribution in [0.5, 0.6) is 5.75 Å². The summed E-state index contributed by atoms with van der Waals surface area (Å²) < 4.78 is 26.1. The van der Waals surface area contributed by atoms with E-state index in [1.165, 1.54) is 6.07 Å². The van der Waals surface area contributed by atoms with E-state index in [-0.39, 0.29) is 11.7 Å². The zero-order valence-electron chi connectivity index (χ0n) is 10.5. The van der Waals surface area contributed by atoms with Crippen LogP contribution in [0.15, 0.2) is 30.3 Å². The number of aromatic nitrogens is 1. The Balaban J connectivity index is 2.51. The summed E-state index contributed by atoms with van der Waals surface area (Å²) in [6.07, 6.45) is 0. The lowest BCUT2D eigenvalue weighted by Crippen LogP contribution is -1.96. The minimum atomic E-state index is -0.894. The van der Waals surface area contributed by atoms with Crippen molar-refractivity contribution in [1.29, 1.82) is 0 Å². The zero-order valence-corrected chi connectivity index (χ0v) is 10.5. The Kier molecular flexibility index (Phi) is 3.76. The number of hydrogen-bond acceptors (Lipinski definition) is 3. The monoisotopic (exact) mass is 265 g/mol. The van der Waals surface area contributed by atoms with E-state index in [1.54, 1.807) is 12.1 Å². The van der Waals surface area contributed by atoms with E-state index in [0.29, 0.717) is 11.1 Å². The molecular formula is C14H13F2NO2. The maximum atomic E-state index is 13.1. The van der Waals surface area contributed by atoms with Crippen LogP contribution in [0.25, 0.3) is 11.1 Å². The molecule has 0 radical (unpaired) electrons. The van der Waals surface area contributed by atoms with Crippen molar-refractivity contribution < 1.29 is 18.9 Å². The Labute approximate surface area is 109 Å². The summed E-state index contributed by atoms with van der Waals surface area (Å²) in [5.41, 5.74) is 1.67. The second-order valence-corrected chi connectivity index (χ2v) is 4.50. The van der Waals surface area contributed by atoms with Crippen LogP contribution < -0.4 is 4.89 Å². The lowest BCUT2D eigenvalue weighted by molar-refractivity contribution is -0.138. The van der Waals surface area contributed by atoms with Gasteiger partial charge in [0.15, 0.2) is 5.75 Å². The Morgan fingerprint density at radius 1 is 1.05 bits per heavy atom. The summed E-state index contributed by atoms with van der Waals surface area (Å²) in [5.74, 6) is -1.36. The lowest BCUT2D eigenvalue weighted by Gasteiger charge is -2.11. The number of rotatable bonds is 3. The van der Waals surface area contributed by atoms with Gasteiger partial charge in [-0.3, -0.25) is 0 Å². The van der Waals surface area contributed by atoms with E-state index in [2.05, 4.69) is 9.87 Å². The lowest BCUT2D eigenvalue weighted by atomic mass is 9.98. The fourth-order valence-electron chi connectivity index (χ4n) is 1.90. The van der Waals surface area contributed by atoms with Crippen LogP contribution in [-0.2, 0) is 0 Å². The molecule has 0 atom stereocenters. The average Bonchev–Trinajstić information content (AvgIpc) is 2.36. The summed E-state index contributed by atoms with van der Waals surface area (Å²) in [5, 5.41) is 8.89. The molecule has 3 nitrogen and oxygen atoms in total. The summed E-state index contributed by atoms with van der Waals surface area (Å²) in [6.45, 7) is 3.90. The highest BCUT2D eigenvalue weighted by molar-refractivity contribution is 5.66. The van der Waals surface area contributed by atoms with Crippen molar-refractivity contribution in [3.8, 4) is 16.9 Å². The summed E-state index contributed by atoms with van der Waals surface area (Å²) in [4.78, 5) is 7.36. The SMILES string of the molecule is CC(C)c1ccc(-c2cc(F)nc(F)c2)cc1OO. The van der Waals surface area contributed by atoms with E-state index < -0.39 is 11.9 Å². The van der Waals surface area contributed by atoms with Crippen LogP contribution >= 0.6 is 0 Å². The molecule has 0 bridgehead atoms. The first-order valence-electron chi connectivity index (χ1n) is 5.80. The Morgan fingerprint density at radius 2 is 1.68 bits per heavy atom. The van der Waals surface area contributed by atoms with Crippen LogP contribution in [-0.4, -0.2) is 10.2 Å². The van der Waals surface area contributed by atoms with Gasteiger partial charge in [-0.25, -0.2) is 5.26 Å². The van der Waals surface area contributed by atoms with Gasteiger partial charge in [0.05, 0.1) is 0 Å². The van der Waals surface area contributed by atoms with Gasteiger partial charge in [0.1, 0.15) is 0 Å². The van der Waals surface area contributed by atoms with Crippen molar-refractivity contribution >= 4 is 0 Å². The molecule has 0 amide bonds. The molecule has 0 saturated carbocycles. The third kappa shape index (κ3) is 2.88. The van der Waals surface area contributed by atoms with Gasteiger partial charge in [0.2, 0.25) is 11.9 Å². The van der Waals surface area contributed by atoms with Gasteiger partial charge >= 0.3 is 0 Å². The Hall–Kier alpha value is -2.01. The highest BCUT2D eigenvalue weighted by Crippen LogP contribution is 2.31. The van der Waals surface area contributed by atoms with Crippen molar-refractivity contribution in [2.75, 3.05) is 0 Å². The normalized spacial score (nSPS) is 10.8. The van der Waals surface area contributed by atoms with E-state index in [4.69, 9.17) is 5.26 Å². The van der Waals surface area contributed by atoms with Crippen molar-refractivity contribution in [3.05, 3.63) is 47.8 Å². The smallest absolute Gasteiger partial charge is 0.216 e. The Bertz CT molecular complexity index is 580. The Morgan fingerprint density at radius 3 is 2.21 bits per heavy atom. The number of halogens is 2. The van der Waals surface area contributed by atoms with Crippen LogP contribution in [0.2, 0.25) is 0 Å². The van der Waals surface area contributed by atoms with E-state index in [9.17, 15) is 8.78 Å². The second kappa shape index (κ2) is 5.32. The topological polar surface area (TPSA) is 42.4 Å². The summed E-state index contributed by atoms with van der Waals surface area (Å²) in [6, 6.07) is 7.24. The van der Waals surface area contributed by atoms with Crippen molar-refractivity contribution in [2.45, 2.75) is 19.8 Å². The van der Waals surface area contributed by atoms with E-state index in [0.717, 1.165) is 17.7 Å². The van der Waals surface area contributed by atoms with Gasteiger partial charge in [-0.15, -0.1) is 0 Å². The zero-order chi connectivity index (χ0) is 14.0. The molecule has 1 aromatic carbocycles. The predicted octanol–water partition coefficient (Wildman–Crippen LogP) is 4.00. The maximum Gasteiger partial charge on any atom is 0.216 e. The summed E-state index contributed by atoms with van der Waals surface area (Å²) in [7, 11) is 0. The number of pyridine rings is 1. The molecule has 19 heavy (non-hydrogen) atoms. The molecule has 1 aromatic heterocycles. The average molecular weight is 265 g/mol. The number of benzene rings is 1.